The summed E-state index contributed by atoms with van der Waals surface area (Å²) in [6.45, 7) is 0.654. The minimum atomic E-state index is -0.609. The molecule has 0 unspecified atom stereocenters. The number of aromatic nitrogens is 2. The lowest BCUT2D eigenvalue weighted by atomic mass is 10.2. The first-order chi connectivity index (χ1) is 9.52. The summed E-state index contributed by atoms with van der Waals surface area (Å²) in [6, 6.07) is 1.21. The highest BCUT2D eigenvalue weighted by atomic mass is 16.5. The lowest BCUT2D eigenvalue weighted by Gasteiger charge is -2.16. The molecule has 2 heterocycles. The lowest BCUT2D eigenvalue weighted by molar-refractivity contribution is -0.145. The van der Waals surface area contributed by atoms with Crippen molar-refractivity contribution >= 4 is 5.97 Å². The van der Waals surface area contributed by atoms with Crippen LogP contribution in [-0.2, 0) is 21.0 Å². The highest BCUT2D eigenvalue weighted by molar-refractivity contribution is 5.65. The van der Waals surface area contributed by atoms with Crippen LogP contribution in [0, 0.1) is 0 Å². The molecule has 1 fully saturated rings. The third kappa shape index (κ3) is 2.97. The molecule has 1 aromatic rings. The zero-order valence-electron chi connectivity index (χ0n) is 11.0. The van der Waals surface area contributed by atoms with Gasteiger partial charge in [-0.1, -0.05) is 0 Å². The van der Waals surface area contributed by atoms with Crippen LogP contribution in [0.2, 0.25) is 0 Å². The third-order valence-electron chi connectivity index (χ3n) is 3.09. The van der Waals surface area contributed by atoms with Crippen molar-refractivity contribution in [2.75, 3.05) is 6.61 Å². The van der Waals surface area contributed by atoms with E-state index in [9.17, 15) is 14.4 Å². The Balaban J connectivity index is 2.27. The molecule has 1 aromatic heterocycles. The van der Waals surface area contributed by atoms with Gasteiger partial charge in [0.25, 0.3) is 5.56 Å². The summed E-state index contributed by atoms with van der Waals surface area (Å²) in [5.41, 5.74) is -1.16. The van der Waals surface area contributed by atoms with E-state index < -0.39 is 30.2 Å². The van der Waals surface area contributed by atoms with Gasteiger partial charge in [0.15, 0.2) is 6.73 Å². The van der Waals surface area contributed by atoms with Crippen LogP contribution in [0.15, 0.2) is 21.9 Å². The van der Waals surface area contributed by atoms with Crippen LogP contribution in [0.1, 0.15) is 26.0 Å². The number of aliphatic hydroxyl groups is 1. The normalized spacial score (nSPS) is 21.9. The van der Waals surface area contributed by atoms with E-state index in [1.54, 1.807) is 0 Å². The second-order valence-corrected chi connectivity index (χ2v) is 4.51. The standard InChI is InChI=1S/C12H16N2O6/c1-8(16)19-7-14-10(17)4-5-13(12(14)18)11-3-2-9(6-15)20-11/h4-5,9,11,15H,2-3,6-7H2,1H3/t9-,11+/m1/s1. The Morgan fingerprint density at radius 3 is 2.85 bits per heavy atom. The highest BCUT2D eigenvalue weighted by Gasteiger charge is 2.27. The van der Waals surface area contributed by atoms with Gasteiger partial charge in [-0.05, 0) is 12.8 Å². The fraction of sp³-hybridized carbons (Fsp3) is 0.583. The Labute approximate surface area is 114 Å². The van der Waals surface area contributed by atoms with E-state index in [1.807, 2.05) is 0 Å². The second kappa shape index (κ2) is 6.02. The summed E-state index contributed by atoms with van der Waals surface area (Å²) in [6.07, 6.45) is 1.72. The smallest absolute Gasteiger partial charge is 0.335 e. The lowest BCUT2D eigenvalue weighted by Crippen LogP contribution is -2.41. The molecule has 8 heteroatoms. The first-order valence-corrected chi connectivity index (χ1v) is 6.24. The molecule has 8 nitrogen and oxygen atoms in total. The number of ether oxygens (including phenoxy) is 2. The number of hydrogen-bond acceptors (Lipinski definition) is 6. The van der Waals surface area contributed by atoms with Crippen LogP contribution in [0.25, 0.3) is 0 Å². The second-order valence-electron chi connectivity index (χ2n) is 4.51. The van der Waals surface area contributed by atoms with Crippen molar-refractivity contribution in [1.82, 2.24) is 9.13 Å². The summed E-state index contributed by atoms with van der Waals surface area (Å²) in [5.74, 6) is -0.579. The molecule has 2 rings (SSSR count). The van der Waals surface area contributed by atoms with E-state index in [4.69, 9.17) is 9.84 Å². The van der Waals surface area contributed by atoms with Gasteiger partial charge in [-0.25, -0.2) is 9.36 Å². The van der Waals surface area contributed by atoms with Crippen LogP contribution in [0.4, 0.5) is 0 Å². The molecule has 0 aromatic carbocycles. The maximum absolute atomic E-state index is 12.2. The zero-order chi connectivity index (χ0) is 14.7. The molecule has 1 aliphatic rings. The molecule has 0 spiro atoms. The van der Waals surface area contributed by atoms with Crippen molar-refractivity contribution in [2.24, 2.45) is 0 Å². The number of hydrogen-bond donors (Lipinski definition) is 1. The Morgan fingerprint density at radius 2 is 2.25 bits per heavy atom. The van der Waals surface area contributed by atoms with Crippen LogP contribution < -0.4 is 11.2 Å². The maximum atomic E-state index is 12.2. The van der Waals surface area contributed by atoms with Crippen molar-refractivity contribution in [1.29, 1.82) is 0 Å². The highest BCUT2D eigenvalue weighted by Crippen LogP contribution is 2.26. The molecule has 20 heavy (non-hydrogen) atoms. The SMILES string of the molecule is CC(=O)OCn1c(=O)ccn([C@@H]2CC[C@H](CO)O2)c1=O. The van der Waals surface area contributed by atoms with Gasteiger partial charge in [0.05, 0.1) is 12.7 Å². The van der Waals surface area contributed by atoms with Gasteiger partial charge >= 0.3 is 11.7 Å². The van der Waals surface area contributed by atoms with Gasteiger partial charge < -0.3 is 14.6 Å². The van der Waals surface area contributed by atoms with Crippen LogP contribution in [-0.4, -0.2) is 32.9 Å². The van der Waals surface area contributed by atoms with Gasteiger partial charge in [0.1, 0.15) is 6.23 Å². The largest absolute Gasteiger partial charge is 0.444 e. The minimum absolute atomic E-state index is 0.113. The van der Waals surface area contributed by atoms with E-state index >= 15 is 0 Å². The number of carbonyl (C=O) groups excluding carboxylic acids is 1. The predicted octanol–water partition coefficient (Wildman–Crippen LogP) is -0.799. The van der Waals surface area contributed by atoms with Crippen LogP contribution in [0.5, 0.6) is 0 Å². The van der Waals surface area contributed by atoms with Gasteiger partial charge in [-0.2, -0.15) is 0 Å². The van der Waals surface area contributed by atoms with Gasteiger partial charge in [0.2, 0.25) is 0 Å². The van der Waals surface area contributed by atoms with Crippen molar-refractivity contribution in [3.05, 3.63) is 33.1 Å². The first-order valence-electron chi connectivity index (χ1n) is 6.24. The molecule has 1 N–H and O–H groups in total. The van der Waals surface area contributed by atoms with E-state index in [-0.39, 0.29) is 12.7 Å². The Bertz CT molecular complexity index is 605. The summed E-state index contributed by atoms with van der Waals surface area (Å²) < 4.78 is 12.2. The Morgan fingerprint density at radius 1 is 1.50 bits per heavy atom. The molecule has 1 saturated heterocycles. The van der Waals surface area contributed by atoms with Gasteiger partial charge in [0, 0.05) is 19.2 Å². The van der Waals surface area contributed by atoms with Crippen molar-refractivity contribution < 1.29 is 19.4 Å². The quantitative estimate of drug-likeness (QED) is 0.727. The molecule has 0 saturated carbocycles. The summed E-state index contributed by atoms with van der Waals surface area (Å²) >= 11 is 0. The van der Waals surface area contributed by atoms with Crippen LogP contribution in [0.3, 0.4) is 0 Å². The molecule has 110 valence electrons. The third-order valence-corrected chi connectivity index (χ3v) is 3.09. The number of esters is 1. The molecule has 2 atom stereocenters. The summed E-state index contributed by atoms with van der Waals surface area (Å²) in [5, 5.41) is 9.02. The monoisotopic (exact) mass is 284 g/mol. The number of carbonyl (C=O) groups is 1. The van der Waals surface area contributed by atoms with E-state index in [0.29, 0.717) is 12.8 Å². The minimum Gasteiger partial charge on any atom is -0.444 e. The molecule has 0 amide bonds. The molecule has 0 bridgehead atoms. The maximum Gasteiger partial charge on any atom is 0.335 e. The predicted molar refractivity (Wildman–Crippen MR) is 67.0 cm³/mol. The first kappa shape index (κ1) is 14.5. The molecule has 0 radical (unpaired) electrons. The topological polar surface area (TPSA) is 99.8 Å². The number of aliphatic hydroxyl groups excluding tert-OH is 1. The van der Waals surface area contributed by atoms with Gasteiger partial charge in [-0.15, -0.1) is 0 Å². The molecule has 1 aliphatic heterocycles. The van der Waals surface area contributed by atoms with E-state index in [1.165, 1.54) is 23.8 Å². The molecule has 0 aliphatic carbocycles. The average Bonchev–Trinajstić information content (AvgIpc) is 2.87. The van der Waals surface area contributed by atoms with E-state index in [0.717, 1.165) is 4.57 Å². The fourth-order valence-corrected chi connectivity index (χ4v) is 2.05. The van der Waals surface area contributed by atoms with Crippen molar-refractivity contribution in [3.8, 4) is 0 Å². The van der Waals surface area contributed by atoms with Gasteiger partial charge in [-0.3, -0.25) is 14.2 Å². The number of rotatable bonds is 4. The fourth-order valence-electron chi connectivity index (χ4n) is 2.05. The summed E-state index contributed by atoms with van der Waals surface area (Å²) in [7, 11) is 0. The molecular formula is C12H16N2O6. The Kier molecular flexibility index (Phi) is 4.35. The van der Waals surface area contributed by atoms with Crippen LogP contribution >= 0.6 is 0 Å². The zero-order valence-corrected chi connectivity index (χ0v) is 11.0. The average molecular weight is 284 g/mol. The summed E-state index contributed by atoms with van der Waals surface area (Å²) in [4.78, 5) is 34.6. The van der Waals surface area contributed by atoms with E-state index in [2.05, 4.69) is 4.74 Å². The Hall–Kier alpha value is -1.93. The molecular weight excluding hydrogens is 268 g/mol. The van der Waals surface area contributed by atoms with Crippen molar-refractivity contribution in [3.63, 3.8) is 0 Å². The number of nitrogens with zero attached hydrogens (tertiary/aromatic N) is 2. The van der Waals surface area contributed by atoms with Crippen molar-refractivity contribution in [2.45, 2.75) is 38.8 Å².